The van der Waals surface area contributed by atoms with Crippen molar-refractivity contribution < 1.29 is 4.92 Å². The second-order valence-electron chi connectivity index (χ2n) is 5.26. The maximum absolute atomic E-state index is 11.0. The van der Waals surface area contributed by atoms with Crippen LogP contribution in [0.3, 0.4) is 0 Å². The van der Waals surface area contributed by atoms with E-state index in [1.165, 1.54) is 17.7 Å². The van der Waals surface area contributed by atoms with Gasteiger partial charge < -0.3 is 0 Å². The van der Waals surface area contributed by atoms with E-state index in [-0.39, 0.29) is 5.69 Å². The number of hydrogen-bond acceptors (Lipinski definition) is 4. The van der Waals surface area contributed by atoms with E-state index in [0.29, 0.717) is 16.2 Å². The molecule has 23 heavy (non-hydrogen) atoms. The maximum atomic E-state index is 11.0. The highest BCUT2D eigenvalue weighted by Crippen LogP contribution is 2.25. The van der Waals surface area contributed by atoms with Crippen molar-refractivity contribution in [1.82, 2.24) is 14.8 Å². The Kier molecular flexibility index (Phi) is 3.79. The van der Waals surface area contributed by atoms with E-state index in [0.717, 1.165) is 11.3 Å². The van der Waals surface area contributed by atoms with Crippen LogP contribution in [0, 0.1) is 28.7 Å². The van der Waals surface area contributed by atoms with E-state index in [9.17, 15) is 10.1 Å². The quantitative estimate of drug-likeness (QED) is 0.446. The molecule has 0 bridgehead atoms. The van der Waals surface area contributed by atoms with Crippen LogP contribution < -0.4 is 0 Å². The Hall–Kier alpha value is -2.80. The Morgan fingerprint density at radius 1 is 1.17 bits per heavy atom. The van der Waals surface area contributed by atoms with Crippen molar-refractivity contribution >= 4 is 17.9 Å². The predicted octanol–water partition coefficient (Wildman–Crippen LogP) is 4.12. The SMILES string of the molecule is Cc1ccc(-n2c(-c3cccc([N+](=O)[O-])c3)n[nH]c2=S)cc1C. The number of nitrogens with zero attached hydrogens (tertiary/aromatic N) is 3. The summed E-state index contributed by atoms with van der Waals surface area (Å²) in [6.45, 7) is 4.06. The summed E-state index contributed by atoms with van der Waals surface area (Å²) < 4.78 is 2.22. The molecule has 0 aliphatic rings. The Labute approximate surface area is 137 Å². The minimum atomic E-state index is -0.425. The number of non-ortho nitro benzene ring substituents is 1. The minimum Gasteiger partial charge on any atom is -0.268 e. The van der Waals surface area contributed by atoms with Gasteiger partial charge >= 0.3 is 0 Å². The van der Waals surface area contributed by atoms with E-state index < -0.39 is 4.92 Å². The first-order chi connectivity index (χ1) is 11.0. The lowest BCUT2D eigenvalue weighted by atomic mass is 10.1. The number of hydrogen-bond donors (Lipinski definition) is 1. The lowest BCUT2D eigenvalue weighted by Gasteiger charge is -2.09. The van der Waals surface area contributed by atoms with Gasteiger partial charge in [-0.25, -0.2) is 0 Å². The molecule has 0 atom stereocenters. The normalized spacial score (nSPS) is 10.7. The van der Waals surface area contributed by atoms with Crippen molar-refractivity contribution in [2.75, 3.05) is 0 Å². The molecule has 116 valence electrons. The Balaban J connectivity index is 2.19. The lowest BCUT2D eigenvalue weighted by Crippen LogP contribution is -1.99. The number of nitro benzene ring substituents is 1. The van der Waals surface area contributed by atoms with Gasteiger partial charge in [-0.3, -0.25) is 19.8 Å². The largest absolute Gasteiger partial charge is 0.270 e. The predicted molar refractivity (Wildman–Crippen MR) is 90.3 cm³/mol. The van der Waals surface area contributed by atoms with Crippen LogP contribution in [0.5, 0.6) is 0 Å². The van der Waals surface area contributed by atoms with Gasteiger partial charge in [-0.1, -0.05) is 18.2 Å². The molecule has 2 aromatic carbocycles. The van der Waals surface area contributed by atoms with Gasteiger partial charge in [-0.2, -0.15) is 5.10 Å². The van der Waals surface area contributed by atoms with Crippen molar-refractivity contribution in [3.05, 3.63) is 68.5 Å². The maximum Gasteiger partial charge on any atom is 0.270 e. The van der Waals surface area contributed by atoms with Gasteiger partial charge in [0.2, 0.25) is 0 Å². The summed E-state index contributed by atoms with van der Waals surface area (Å²) in [6.07, 6.45) is 0. The first kappa shape index (κ1) is 15.1. The summed E-state index contributed by atoms with van der Waals surface area (Å²) in [4.78, 5) is 10.6. The van der Waals surface area contributed by atoms with E-state index in [2.05, 4.69) is 10.2 Å². The molecule has 6 nitrogen and oxygen atoms in total. The first-order valence-corrected chi connectivity index (χ1v) is 7.38. The van der Waals surface area contributed by atoms with E-state index >= 15 is 0 Å². The molecule has 3 rings (SSSR count). The average molecular weight is 326 g/mol. The zero-order chi connectivity index (χ0) is 16.6. The molecule has 0 aliphatic heterocycles. The molecular formula is C16H14N4O2S. The van der Waals surface area contributed by atoms with Gasteiger partial charge in [0.1, 0.15) is 0 Å². The monoisotopic (exact) mass is 326 g/mol. The molecule has 0 spiro atoms. The van der Waals surface area contributed by atoms with Crippen LogP contribution in [-0.4, -0.2) is 19.7 Å². The summed E-state index contributed by atoms with van der Waals surface area (Å²) in [7, 11) is 0. The third-order valence-electron chi connectivity index (χ3n) is 3.74. The topological polar surface area (TPSA) is 76.8 Å². The average Bonchev–Trinajstić information content (AvgIpc) is 2.92. The summed E-state index contributed by atoms with van der Waals surface area (Å²) in [5.74, 6) is 0.543. The first-order valence-electron chi connectivity index (χ1n) is 6.97. The third-order valence-corrected chi connectivity index (χ3v) is 4.01. The second-order valence-corrected chi connectivity index (χ2v) is 5.65. The molecule has 0 fully saturated rings. The van der Waals surface area contributed by atoms with Gasteiger partial charge in [0.15, 0.2) is 10.6 Å². The van der Waals surface area contributed by atoms with Crippen molar-refractivity contribution in [2.45, 2.75) is 13.8 Å². The van der Waals surface area contributed by atoms with Crippen LogP contribution in [0.4, 0.5) is 5.69 Å². The minimum absolute atomic E-state index is 0.0167. The van der Waals surface area contributed by atoms with Crippen molar-refractivity contribution in [3.8, 4) is 17.1 Å². The Bertz CT molecular complexity index is 959. The van der Waals surface area contributed by atoms with Crippen LogP contribution in [0.1, 0.15) is 11.1 Å². The molecule has 7 heteroatoms. The smallest absolute Gasteiger partial charge is 0.268 e. The number of aromatic amines is 1. The van der Waals surface area contributed by atoms with Gasteiger partial charge in [0, 0.05) is 17.7 Å². The molecular weight excluding hydrogens is 312 g/mol. The fourth-order valence-corrected chi connectivity index (χ4v) is 2.59. The van der Waals surface area contributed by atoms with Crippen molar-refractivity contribution in [1.29, 1.82) is 0 Å². The summed E-state index contributed by atoms with van der Waals surface area (Å²) in [5, 5.41) is 18.0. The highest BCUT2D eigenvalue weighted by molar-refractivity contribution is 7.71. The van der Waals surface area contributed by atoms with Gasteiger partial charge in [-0.05, 0) is 49.3 Å². The van der Waals surface area contributed by atoms with E-state index in [1.807, 2.05) is 32.0 Å². The fourth-order valence-electron chi connectivity index (χ4n) is 2.35. The second kappa shape index (κ2) is 5.77. The summed E-state index contributed by atoms with van der Waals surface area (Å²) in [5.41, 5.74) is 3.83. The molecule has 0 unspecified atom stereocenters. The molecule has 0 amide bonds. The van der Waals surface area contributed by atoms with E-state index in [4.69, 9.17) is 12.2 Å². The number of nitrogens with one attached hydrogen (secondary N) is 1. The Morgan fingerprint density at radius 3 is 2.65 bits per heavy atom. The van der Waals surface area contributed by atoms with Crippen LogP contribution in [-0.2, 0) is 0 Å². The fraction of sp³-hybridized carbons (Fsp3) is 0.125. The number of benzene rings is 2. The van der Waals surface area contributed by atoms with Crippen molar-refractivity contribution in [2.24, 2.45) is 0 Å². The number of aryl methyl sites for hydroxylation is 2. The standard InChI is InChI=1S/C16H14N4O2S/c1-10-6-7-13(8-11(10)2)19-15(17-18-16(19)23)12-4-3-5-14(9-12)20(21)22/h3-9H,1-2H3,(H,18,23). The zero-order valence-corrected chi connectivity index (χ0v) is 13.4. The highest BCUT2D eigenvalue weighted by atomic mass is 32.1. The van der Waals surface area contributed by atoms with Crippen LogP contribution in [0.15, 0.2) is 42.5 Å². The summed E-state index contributed by atoms with van der Waals surface area (Å²) >= 11 is 5.33. The molecule has 3 aromatic rings. The van der Waals surface area contributed by atoms with Crippen LogP contribution >= 0.6 is 12.2 Å². The summed E-state index contributed by atoms with van der Waals surface area (Å²) in [6, 6.07) is 12.3. The lowest BCUT2D eigenvalue weighted by molar-refractivity contribution is -0.384. The Morgan fingerprint density at radius 2 is 1.96 bits per heavy atom. The number of H-pyrrole nitrogens is 1. The molecule has 1 N–H and O–H groups in total. The van der Waals surface area contributed by atoms with Crippen LogP contribution in [0.25, 0.3) is 17.1 Å². The van der Waals surface area contributed by atoms with Crippen molar-refractivity contribution in [3.63, 3.8) is 0 Å². The van der Waals surface area contributed by atoms with Gasteiger partial charge in [0.25, 0.3) is 5.69 Å². The highest BCUT2D eigenvalue weighted by Gasteiger charge is 2.14. The molecule has 0 radical (unpaired) electrons. The van der Waals surface area contributed by atoms with E-state index in [1.54, 1.807) is 16.7 Å². The molecule has 1 aromatic heterocycles. The molecule has 0 saturated carbocycles. The number of aromatic nitrogens is 3. The van der Waals surface area contributed by atoms with Gasteiger partial charge in [-0.15, -0.1) is 0 Å². The third kappa shape index (κ3) is 2.78. The molecule has 1 heterocycles. The number of nitro groups is 1. The molecule has 0 aliphatic carbocycles. The van der Waals surface area contributed by atoms with Gasteiger partial charge in [0.05, 0.1) is 10.6 Å². The van der Waals surface area contributed by atoms with Crippen LogP contribution in [0.2, 0.25) is 0 Å². The number of rotatable bonds is 3. The zero-order valence-electron chi connectivity index (χ0n) is 12.6. The molecule has 0 saturated heterocycles.